The van der Waals surface area contributed by atoms with E-state index in [1.807, 2.05) is 6.07 Å². The summed E-state index contributed by atoms with van der Waals surface area (Å²) in [5.41, 5.74) is 0.512. The van der Waals surface area contributed by atoms with Gasteiger partial charge in [-0.2, -0.15) is 0 Å². The van der Waals surface area contributed by atoms with Crippen LogP contribution in [0.15, 0.2) is 41.0 Å². The molecule has 0 saturated carbocycles. The fraction of sp³-hybridized carbons (Fsp3) is 0.0769. The van der Waals surface area contributed by atoms with E-state index in [2.05, 4.69) is 20.9 Å². The lowest BCUT2D eigenvalue weighted by Gasteiger charge is -2.10. The van der Waals surface area contributed by atoms with Crippen LogP contribution in [-0.2, 0) is 0 Å². The monoisotopic (exact) mass is 307 g/mol. The average Bonchev–Trinajstić information content (AvgIpc) is 2.41. The SMILES string of the molecule is COc1ccc(C=O)cc1Oc1ncccc1Br. The lowest BCUT2D eigenvalue weighted by molar-refractivity contribution is 0.112. The predicted octanol–water partition coefficient (Wildman–Crippen LogP) is 3.46. The lowest BCUT2D eigenvalue weighted by Crippen LogP contribution is -1.94. The van der Waals surface area contributed by atoms with Crippen LogP contribution in [0.25, 0.3) is 0 Å². The van der Waals surface area contributed by atoms with Gasteiger partial charge in [-0.15, -0.1) is 0 Å². The van der Waals surface area contributed by atoms with Crippen molar-refractivity contribution in [3.63, 3.8) is 0 Å². The molecule has 0 aliphatic rings. The summed E-state index contributed by atoms with van der Waals surface area (Å²) in [5.74, 6) is 1.40. The van der Waals surface area contributed by atoms with Crippen molar-refractivity contribution in [1.82, 2.24) is 4.98 Å². The Morgan fingerprint density at radius 1 is 1.28 bits per heavy atom. The molecule has 0 aliphatic heterocycles. The summed E-state index contributed by atoms with van der Waals surface area (Å²) in [4.78, 5) is 14.8. The number of pyridine rings is 1. The minimum atomic E-state index is 0.416. The van der Waals surface area contributed by atoms with E-state index in [0.29, 0.717) is 22.9 Å². The van der Waals surface area contributed by atoms with Gasteiger partial charge in [-0.1, -0.05) is 0 Å². The van der Waals surface area contributed by atoms with E-state index in [1.165, 1.54) is 7.11 Å². The molecule has 0 fully saturated rings. The number of aldehydes is 1. The average molecular weight is 308 g/mol. The number of ether oxygens (including phenoxy) is 2. The van der Waals surface area contributed by atoms with Gasteiger partial charge in [-0.3, -0.25) is 4.79 Å². The van der Waals surface area contributed by atoms with Crippen molar-refractivity contribution in [3.05, 3.63) is 46.6 Å². The largest absolute Gasteiger partial charge is 0.493 e. The zero-order valence-electron chi connectivity index (χ0n) is 9.59. The van der Waals surface area contributed by atoms with Gasteiger partial charge in [0.1, 0.15) is 6.29 Å². The van der Waals surface area contributed by atoms with Crippen molar-refractivity contribution in [2.45, 2.75) is 0 Å². The molecular weight excluding hydrogens is 298 g/mol. The predicted molar refractivity (Wildman–Crippen MR) is 70.4 cm³/mol. The Bertz CT molecular complexity index is 572. The van der Waals surface area contributed by atoms with Crippen LogP contribution in [0.4, 0.5) is 0 Å². The summed E-state index contributed by atoms with van der Waals surface area (Å²) >= 11 is 3.34. The van der Waals surface area contributed by atoms with Crippen molar-refractivity contribution >= 4 is 22.2 Å². The molecule has 18 heavy (non-hydrogen) atoms. The lowest BCUT2D eigenvalue weighted by atomic mass is 10.2. The first-order chi connectivity index (χ1) is 8.74. The number of aromatic nitrogens is 1. The molecule has 1 aromatic heterocycles. The number of hydrogen-bond acceptors (Lipinski definition) is 4. The molecule has 92 valence electrons. The number of carbonyl (C=O) groups excluding carboxylic acids is 1. The van der Waals surface area contributed by atoms with Gasteiger partial charge in [0.25, 0.3) is 0 Å². The van der Waals surface area contributed by atoms with E-state index in [4.69, 9.17) is 9.47 Å². The van der Waals surface area contributed by atoms with Crippen LogP contribution in [0.3, 0.4) is 0 Å². The fourth-order valence-corrected chi connectivity index (χ4v) is 1.73. The van der Waals surface area contributed by atoms with E-state index in [0.717, 1.165) is 10.8 Å². The van der Waals surface area contributed by atoms with Crippen molar-refractivity contribution in [2.24, 2.45) is 0 Å². The fourth-order valence-electron chi connectivity index (χ4n) is 1.40. The number of halogens is 1. The van der Waals surface area contributed by atoms with E-state index in [-0.39, 0.29) is 0 Å². The van der Waals surface area contributed by atoms with Gasteiger partial charge in [-0.25, -0.2) is 4.98 Å². The second kappa shape index (κ2) is 5.64. The smallest absolute Gasteiger partial charge is 0.233 e. The van der Waals surface area contributed by atoms with Crippen molar-refractivity contribution in [3.8, 4) is 17.4 Å². The summed E-state index contributed by atoms with van der Waals surface area (Å²) < 4.78 is 11.5. The van der Waals surface area contributed by atoms with Crippen LogP contribution < -0.4 is 9.47 Å². The Labute approximate surface area is 113 Å². The van der Waals surface area contributed by atoms with Crippen LogP contribution in [-0.4, -0.2) is 18.4 Å². The van der Waals surface area contributed by atoms with Gasteiger partial charge in [0, 0.05) is 11.8 Å². The van der Waals surface area contributed by atoms with E-state index >= 15 is 0 Å². The quantitative estimate of drug-likeness (QED) is 0.812. The molecule has 5 heteroatoms. The molecule has 0 spiro atoms. The number of carbonyl (C=O) groups is 1. The molecule has 2 rings (SSSR count). The third-order valence-corrected chi connectivity index (χ3v) is 2.86. The number of nitrogens with zero attached hydrogens (tertiary/aromatic N) is 1. The zero-order valence-corrected chi connectivity index (χ0v) is 11.2. The minimum Gasteiger partial charge on any atom is -0.493 e. The van der Waals surface area contributed by atoms with E-state index in [1.54, 1.807) is 30.5 Å². The highest BCUT2D eigenvalue weighted by molar-refractivity contribution is 9.10. The Morgan fingerprint density at radius 3 is 2.78 bits per heavy atom. The summed E-state index contributed by atoms with van der Waals surface area (Å²) in [6, 6.07) is 8.55. The van der Waals surface area contributed by atoms with Gasteiger partial charge < -0.3 is 9.47 Å². The maximum Gasteiger partial charge on any atom is 0.233 e. The Kier molecular flexibility index (Phi) is 3.94. The first kappa shape index (κ1) is 12.6. The maximum atomic E-state index is 10.8. The second-order valence-corrected chi connectivity index (χ2v) is 4.27. The van der Waals surface area contributed by atoms with Crippen molar-refractivity contribution in [2.75, 3.05) is 7.11 Å². The molecule has 0 unspecified atom stereocenters. The summed E-state index contributed by atoms with van der Waals surface area (Å²) in [7, 11) is 1.54. The van der Waals surface area contributed by atoms with Crippen molar-refractivity contribution < 1.29 is 14.3 Å². The van der Waals surface area contributed by atoms with Gasteiger partial charge in [0.15, 0.2) is 11.5 Å². The summed E-state index contributed by atoms with van der Waals surface area (Å²) in [6.07, 6.45) is 2.37. The number of methoxy groups -OCH3 is 1. The van der Waals surface area contributed by atoms with E-state index < -0.39 is 0 Å². The van der Waals surface area contributed by atoms with Crippen LogP contribution in [0, 0.1) is 0 Å². The molecule has 0 aliphatic carbocycles. The topological polar surface area (TPSA) is 48.4 Å². The molecule has 4 nitrogen and oxygen atoms in total. The maximum absolute atomic E-state index is 10.8. The van der Waals surface area contributed by atoms with Crippen LogP contribution in [0.1, 0.15) is 10.4 Å². The highest BCUT2D eigenvalue weighted by Gasteiger charge is 2.09. The Balaban J connectivity index is 2.38. The minimum absolute atomic E-state index is 0.416. The number of rotatable bonds is 4. The highest BCUT2D eigenvalue weighted by atomic mass is 79.9. The molecule has 1 heterocycles. The van der Waals surface area contributed by atoms with Gasteiger partial charge in [0.05, 0.1) is 11.6 Å². The molecule has 1 aromatic carbocycles. The third-order valence-electron chi connectivity index (χ3n) is 2.26. The van der Waals surface area contributed by atoms with Crippen LogP contribution in [0.2, 0.25) is 0 Å². The molecule has 0 bridgehead atoms. The van der Waals surface area contributed by atoms with Crippen molar-refractivity contribution in [1.29, 1.82) is 0 Å². The van der Waals surface area contributed by atoms with Crippen LogP contribution in [0.5, 0.6) is 17.4 Å². The Hall–Kier alpha value is -1.88. The molecule has 0 atom stereocenters. The first-order valence-corrected chi connectivity index (χ1v) is 5.95. The van der Waals surface area contributed by atoms with Crippen LogP contribution >= 0.6 is 15.9 Å². The second-order valence-electron chi connectivity index (χ2n) is 3.42. The Morgan fingerprint density at radius 2 is 2.11 bits per heavy atom. The molecule has 0 radical (unpaired) electrons. The van der Waals surface area contributed by atoms with Gasteiger partial charge >= 0.3 is 0 Å². The van der Waals surface area contributed by atoms with Gasteiger partial charge in [0.2, 0.25) is 5.88 Å². The molecule has 0 amide bonds. The summed E-state index contributed by atoms with van der Waals surface area (Å²) in [5, 5.41) is 0. The highest BCUT2D eigenvalue weighted by Crippen LogP contribution is 2.34. The molecule has 2 aromatic rings. The molecule has 0 saturated heterocycles. The third kappa shape index (κ3) is 2.68. The number of benzene rings is 1. The standard InChI is InChI=1S/C13H10BrNO3/c1-17-11-5-4-9(8-16)7-12(11)18-13-10(14)3-2-6-15-13/h2-8H,1H3. The summed E-state index contributed by atoms with van der Waals surface area (Å²) in [6.45, 7) is 0. The molecule has 0 N–H and O–H groups in total. The van der Waals surface area contributed by atoms with E-state index in [9.17, 15) is 4.79 Å². The van der Waals surface area contributed by atoms with Gasteiger partial charge in [-0.05, 0) is 46.3 Å². The molecular formula is C13H10BrNO3. The number of hydrogen-bond donors (Lipinski definition) is 0. The zero-order chi connectivity index (χ0) is 13.0. The first-order valence-electron chi connectivity index (χ1n) is 5.16. The normalized spacial score (nSPS) is 9.89.